The van der Waals surface area contributed by atoms with Gasteiger partial charge in [-0.3, -0.25) is 4.90 Å². The van der Waals surface area contributed by atoms with Crippen molar-refractivity contribution >= 4 is 0 Å². The van der Waals surface area contributed by atoms with Gasteiger partial charge in [-0.1, -0.05) is 25.9 Å². The van der Waals surface area contributed by atoms with E-state index in [9.17, 15) is 0 Å². The van der Waals surface area contributed by atoms with E-state index in [2.05, 4.69) is 42.2 Å². The van der Waals surface area contributed by atoms with Crippen molar-refractivity contribution in [3.8, 4) is 0 Å². The van der Waals surface area contributed by atoms with E-state index >= 15 is 0 Å². The molecule has 4 heteroatoms. The van der Waals surface area contributed by atoms with E-state index in [4.69, 9.17) is 4.52 Å². The fourth-order valence-electron chi connectivity index (χ4n) is 2.22. The largest absolute Gasteiger partial charge is 0.360 e. The monoisotopic (exact) mass is 265 g/mol. The highest BCUT2D eigenvalue weighted by molar-refractivity contribution is 5.06. The lowest BCUT2D eigenvalue weighted by Gasteiger charge is -2.21. The highest BCUT2D eigenvalue weighted by Gasteiger charge is 2.29. The van der Waals surface area contributed by atoms with Crippen molar-refractivity contribution in [2.45, 2.75) is 59.2 Å². The quantitative estimate of drug-likeness (QED) is 0.745. The fraction of sp³-hybridized carbons (Fsp3) is 0.800. The molecule has 0 saturated heterocycles. The van der Waals surface area contributed by atoms with E-state index in [1.54, 1.807) is 0 Å². The average Bonchev–Trinajstić information content (AvgIpc) is 3.13. The van der Waals surface area contributed by atoms with Crippen molar-refractivity contribution in [1.29, 1.82) is 0 Å². The molecule has 0 radical (unpaired) electrons. The van der Waals surface area contributed by atoms with E-state index in [0.717, 1.165) is 43.0 Å². The first kappa shape index (κ1) is 14.5. The minimum absolute atomic E-state index is 0.764. The minimum atomic E-state index is 0.764. The lowest BCUT2D eigenvalue weighted by Crippen LogP contribution is -2.27. The van der Waals surface area contributed by atoms with Crippen LogP contribution in [-0.4, -0.2) is 29.2 Å². The molecule has 0 bridgehead atoms. The summed E-state index contributed by atoms with van der Waals surface area (Å²) in [7, 11) is 0. The number of hydrogen-bond donors (Lipinski definition) is 1. The maximum absolute atomic E-state index is 5.45. The van der Waals surface area contributed by atoms with Gasteiger partial charge >= 0.3 is 0 Å². The van der Waals surface area contributed by atoms with Gasteiger partial charge < -0.3 is 9.84 Å². The first-order chi connectivity index (χ1) is 9.19. The summed E-state index contributed by atoms with van der Waals surface area (Å²) < 4.78 is 5.45. The Morgan fingerprint density at radius 2 is 2.26 bits per heavy atom. The molecular weight excluding hydrogens is 238 g/mol. The van der Waals surface area contributed by atoms with Gasteiger partial charge in [-0.05, 0) is 38.3 Å². The summed E-state index contributed by atoms with van der Waals surface area (Å²) in [4.78, 5) is 2.55. The predicted octanol–water partition coefficient (Wildman–Crippen LogP) is 2.79. The van der Waals surface area contributed by atoms with E-state index in [1.165, 1.54) is 25.8 Å². The van der Waals surface area contributed by atoms with Crippen molar-refractivity contribution in [1.82, 2.24) is 15.4 Å². The topological polar surface area (TPSA) is 41.3 Å². The van der Waals surface area contributed by atoms with Gasteiger partial charge in [0.05, 0.1) is 12.2 Å². The molecule has 1 N–H and O–H groups in total. The second kappa shape index (κ2) is 7.06. The molecule has 1 heterocycles. The van der Waals surface area contributed by atoms with Gasteiger partial charge in [0, 0.05) is 18.7 Å². The molecule has 1 saturated carbocycles. The lowest BCUT2D eigenvalue weighted by molar-refractivity contribution is 0.211. The van der Waals surface area contributed by atoms with Gasteiger partial charge in [-0.2, -0.15) is 0 Å². The highest BCUT2D eigenvalue weighted by Crippen LogP contribution is 2.29. The maximum atomic E-state index is 5.45. The molecule has 0 aliphatic heterocycles. The Kier molecular flexibility index (Phi) is 5.40. The molecule has 4 nitrogen and oxygen atoms in total. The maximum Gasteiger partial charge on any atom is 0.151 e. The van der Waals surface area contributed by atoms with E-state index in [1.807, 2.05) is 0 Å². The van der Waals surface area contributed by atoms with Crippen LogP contribution in [0, 0.1) is 5.92 Å². The fourth-order valence-corrected chi connectivity index (χ4v) is 2.22. The smallest absolute Gasteiger partial charge is 0.151 e. The van der Waals surface area contributed by atoms with Gasteiger partial charge in [0.2, 0.25) is 0 Å². The van der Waals surface area contributed by atoms with Gasteiger partial charge in [-0.15, -0.1) is 0 Å². The van der Waals surface area contributed by atoms with E-state index in [-0.39, 0.29) is 0 Å². The van der Waals surface area contributed by atoms with Crippen molar-refractivity contribution in [2.75, 3.05) is 13.1 Å². The van der Waals surface area contributed by atoms with Crippen molar-refractivity contribution in [2.24, 2.45) is 5.92 Å². The number of nitrogens with one attached hydrogen (secondary N) is 1. The molecule has 0 spiro atoms. The summed E-state index contributed by atoms with van der Waals surface area (Å²) in [5, 5.41) is 7.39. The van der Waals surface area contributed by atoms with Crippen LogP contribution in [0.5, 0.6) is 0 Å². The zero-order valence-corrected chi connectivity index (χ0v) is 12.5. The summed E-state index contributed by atoms with van der Waals surface area (Å²) in [6, 6.07) is 2.87. The number of nitrogens with zero attached hydrogens (tertiary/aromatic N) is 2. The Labute approximate surface area is 116 Å². The third kappa shape index (κ3) is 4.96. The molecule has 0 aromatic carbocycles. The third-order valence-electron chi connectivity index (χ3n) is 3.58. The Morgan fingerprint density at radius 1 is 1.47 bits per heavy atom. The molecule has 1 aliphatic carbocycles. The first-order valence-corrected chi connectivity index (χ1v) is 7.58. The van der Waals surface area contributed by atoms with Crippen molar-refractivity contribution < 1.29 is 4.52 Å². The Morgan fingerprint density at radius 3 is 2.89 bits per heavy atom. The van der Waals surface area contributed by atoms with Crippen LogP contribution >= 0.6 is 0 Å². The van der Waals surface area contributed by atoms with Crippen LogP contribution in [0.4, 0.5) is 0 Å². The molecule has 1 aromatic heterocycles. The summed E-state index contributed by atoms with van der Waals surface area (Å²) in [5.41, 5.74) is 1.01. The molecule has 108 valence electrons. The van der Waals surface area contributed by atoms with Gasteiger partial charge in [-0.25, -0.2) is 0 Å². The molecule has 19 heavy (non-hydrogen) atoms. The van der Waals surface area contributed by atoms with Gasteiger partial charge in [0.25, 0.3) is 0 Å². The summed E-state index contributed by atoms with van der Waals surface area (Å²) >= 11 is 0. The Balaban J connectivity index is 1.84. The predicted molar refractivity (Wildman–Crippen MR) is 76.8 cm³/mol. The van der Waals surface area contributed by atoms with Crippen molar-refractivity contribution in [3.63, 3.8) is 0 Å². The van der Waals surface area contributed by atoms with Crippen LogP contribution in [0.2, 0.25) is 0 Å². The van der Waals surface area contributed by atoms with E-state index < -0.39 is 0 Å². The highest BCUT2D eigenvalue weighted by atomic mass is 16.5. The number of rotatable bonds is 9. The van der Waals surface area contributed by atoms with Crippen LogP contribution in [0.1, 0.15) is 51.5 Å². The Hall–Kier alpha value is -0.870. The Bertz CT molecular complexity index is 371. The SMILES string of the molecule is CCNCc1cc(CN(CCC(C)C)C2CC2)on1. The molecule has 1 fully saturated rings. The molecule has 0 amide bonds. The molecular formula is C15H27N3O. The number of hydrogen-bond acceptors (Lipinski definition) is 4. The van der Waals surface area contributed by atoms with Crippen molar-refractivity contribution in [3.05, 3.63) is 17.5 Å². The van der Waals surface area contributed by atoms with E-state index in [0.29, 0.717) is 0 Å². The zero-order valence-electron chi connectivity index (χ0n) is 12.5. The normalized spacial score (nSPS) is 15.6. The number of aromatic nitrogens is 1. The van der Waals surface area contributed by atoms with Crippen LogP contribution in [0.15, 0.2) is 10.6 Å². The lowest BCUT2D eigenvalue weighted by atomic mass is 10.1. The third-order valence-corrected chi connectivity index (χ3v) is 3.58. The van der Waals surface area contributed by atoms with Crippen LogP contribution < -0.4 is 5.32 Å². The molecule has 1 aromatic rings. The average molecular weight is 265 g/mol. The molecule has 2 rings (SSSR count). The van der Waals surface area contributed by atoms with Crippen LogP contribution in [-0.2, 0) is 13.1 Å². The second-order valence-corrected chi connectivity index (χ2v) is 5.95. The summed E-state index contributed by atoms with van der Waals surface area (Å²) in [6.45, 7) is 10.5. The van der Waals surface area contributed by atoms with Gasteiger partial charge in [0.15, 0.2) is 5.76 Å². The summed E-state index contributed by atoms with van der Waals surface area (Å²) in [6.07, 6.45) is 3.95. The van der Waals surface area contributed by atoms with Crippen LogP contribution in [0.25, 0.3) is 0 Å². The van der Waals surface area contributed by atoms with Crippen LogP contribution in [0.3, 0.4) is 0 Å². The standard InChI is InChI=1S/C15H27N3O/c1-4-16-10-13-9-15(19-17-13)11-18(14-5-6-14)8-7-12(2)3/h9,12,14,16H,4-8,10-11H2,1-3H3. The zero-order chi connectivity index (χ0) is 13.7. The first-order valence-electron chi connectivity index (χ1n) is 7.58. The second-order valence-electron chi connectivity index (χ2n) is 5.95. The summed E-state index contributed by atoms with van der Waals surface area (Å²) in [5.74, 6) is 1.77. The molecule has 0 atom stereocenters. The minimum Gasteiger partial charge on any atom is -0.360 e. The molecule has 0 unspecified atom stereocenters. The van der Waals surface area contributed by atoms with Gasteiger partial charge in [0.1, 0.15) is 0 Å². The molecule has 1 aliphatic rings.